The minimum absolute atomic E-state index is 0.0597. The molecule has 4 heteroatoms. The van der Waals surface area contributed by atoms with Crippen molar-refractivity contribution in [2.24, 2.45) is 0 Å². The van der Waals surface area contributed by atoms with E-state index in [4.69, 9.17) is 13.9 Å². The first-order valence-corrected chi connectivity index (χ1v) is 12.7. The zero-order valence-corrected chi connectivity index (χ0v) is 20.4. The molecule has 1 saturated heterocycles. The van der Waals surface area contributed by atoms with E-state index in [1.165, 1.54) is 15.9 Å². The molecule has 1 fully saturated rings. The number of ether oxygens (including phenoxy) is 2. The van der Waals surface area contributed by atoms with Crippen molar-refractivity contribution in [2.45, 2.75) is 71.5 Å². The summed E-state index contributed by atoms with van der Waals surface area (Å²) in [5.41, 5.74) is 1.18. The SMILES string of the molecule is C/C=C(\C)[C@@H]1OC(C)(C)O[C@@H]1CO[Si](c1ccccc1)(c1ccccc1)C(C)(C)C. The molecule has 0 aliphatic carbocycles. The summed E-state index contributed by atoms with van der Waals surface area (Å²) in [7, 11) is -2.59. The molecule has 0 amide bonds. The van der Waals surface area contributed by atoms with Crippen LogP contribution in [0.4, 0.5) is 0 Å². The lowest BCUT2D eigenvalue weighted by molar-refractivity contribution is -0.146. The van der Waals surface area contributed by atoms with Gasteiger partial charge >= 0.3 is 0 Å². The zero-order valence-electron chi connectivity index (χ0n) is 19.4. The smallest absolute Gasteiger partial charge is 0.261 e. The van der Waals surface area contributed by atoms with Crippen LogP contribution in [0.5, 0.6) is 0 Å². The Morgan fingerprint density at radius 1 is 0.967 bits per heavy atom. The Hall–Kier alpha value is -1.72. The van der Waals surface area contributed by atoms with Crippen LogP contribution < -0.4 is 10.4 Å². The van der Waals surface area contributed by atoms with Gasteiger partial charge in [-0.2, -0.15) is 0 Å². The maximum absolute atomic E-state index is 7.08. The van der Waals surface area contributed by atoms with Gasteiger partial charge in [0.25, 0.3) is 8.32 Å². The zero-order chi connectivity index (χ0) is 22.0. The van der Waals surface area contributed by atoms with Crippen molar-refractivity contribution in [2.75, 3.05) is 6.61 Å². The van der Waals surface area contributed by atoms with Gasteiger partial charge < -0.3 is 13.9 Å². The van der Waals surface area contributed by atoms with E-state index in [9.17, 15) is 0 Å². The molecule has 0 bridgehead atoms. The van der Waals surface area contributed by atoms with Gasteiger partial charge in [0.1, 0.15) is 12.2 Å². The highest BCUT2D eigenvalue weighted by atomic mass is 28.4. The number of hydrogen-bond acceptors (Lipinski definition) is 3. The third kappa shape index (κ3) is 4.47. The fourth-order valence-corrected chi connectivity index (χ4v) is 9.05. The third-order valence-corrected chi connectivity index (χ3v) is 11.0. The van der Waals surface area contributed by atoms with Crippen molar-refractivity contribution in [3.05, 3.63) is 72.3 Å². The summed E-state index contributed by atoms with van der Waals surface area (Å²) in [6.45, 7) is 15.5. The first-order chi connectivity index (χ1) is 14.1. The van der Waals surface area contributed by atoms with Crippen molar-refractivity contribution in [3.63, 3.8) is 0 Å². The van der Waals surface area contributed by atoms with E-state index < -0.39 is 14.1 Å². The Morgan fingerprint density at radius 2 is 1.47 bits per heavy atom. The molecule has 0 unspecified atom stereocenters. The first-order valence-electron chi connectivity index (χ1n) is 10.8. The van der Waals surface area contributed by atoms with E-state index >= 15 is 0 Å². The van der Waals surface area contributed by atoms with Gasteiger partial charge in [-0.1, -0.05) is 87.5 Å². The lowest BCUT2D eigenvalue weighted by atomic mass is 10.1. The molecular weight excluding hydrogens is 388 g/mol. The van der Waals surface area contributed by atoms with E-state index in [0.29, 0.717) is 6.61 Å². The minimum atomic E-state index is -2.59. The predicted molar refractivity (Wildman–Crippen MR) is 127 cm³/mol. The van der Waals surface area contributed by atoms with Gasteiger partial charge in [-0.05, 0) is 48.7 Å². The molecule has 0 aromatic heterocycles. The average molecular weight is 425 g/mol. The molecule has 1 heterocycles. The highest BCUT2D eigenvalue weighted by Gasteiger charge is 2.52. The summed E-state index contributed by atoms with van der Waals surface area (Å²) < 4.78 is 19.6. The first kappa shape index (κ1) is 23.0. The van der Waals surface area contributed by atoms with E-state index in [0.717, 1.165) is 0 Å². The second-order valence-corrected chi connectivity index (χ2v) is 13.9. The largest absolute Gasteiger partial charge is 0.405 e. The van der Waals surface area contributed by atoms with E-state index in [1.54, 1.807) is 0 Å². The Kier molecular flexibility index (Phi) is 6.73. The summed E-state index contributed by atoms with van der Waals surface area (Å²) in [4.78, 5) is 0. The van der Waals surface area contributed by atoms with Crippen LogP contribution >= 0.6 is 0 Å². The van der Waals surface area contributed by atoms with E-state index in [1.807, 2.05) is 20.8 Å². The molecule has 0 saturated carbocycles. The molecule has 0 N–H and O–H groups in total. The van der Waals surface area contributed by atoms with Crippen molar-refractivity contribution in [1.29, 1.82) is 0 Å². The van der Waals surface area contributed by atoms with Gasteiger partial charge in [0.05, 0.1) is 6.61 Å². The van der Waals surface area contributed by atoms with Gasteiger partial charge in [-0.25, -0.2) is 0 Å². The standard InChI is InChI=1S/C26H36O3Si/c1-8-20(2)24-23(28-26(6,7)29-24)19-27-30(25(3,4)5,21-15-11-9-12-16-21)22-17-13-10-14-18-22/h8-18,23-24H,19H2,1-7H3/b20-8+/t23-,24+/m1/s1. The van der Waals surface area contributed by atoms with Gasteiger partial charge in [-0.15, -0.1) is 0 Å². The van der Waals surface area contributed by atoms with Crippen LogP contribution in [0.25, 0.3) is 0 Å². The van der Waals surface area contributed by atoms with Gasteiger partial charge in [0.2, 0.25) is 0 Å². The fraction of sp³-hybridized carbons (Fsp3) is 0.462. The molecule has 0 radical (unpaired) electrons. The molecule has 1 aliphatic rings. The van der Waals surface area contributed by atoms with Crippen LogP contribution in [0.3, 0.4) is 0 Å². The lowest BCUT2D eigenvalue weighted by Crippen LogP contribution is -2.67. The van der Waals surface area contributed by atoms with Gasteiger partial charge in [0, 0.05) is 0 Å². The Labute approximate surface area is 183 Å². The second kappa shape index (κ2) is 8.79. The summed E-state index contributed by atoms with van der Waals surface area (Å²) >= 11 is 0. The summed E-state index contributed by atoms with van der Waals surface area (Å²) in [5, 5.41) is 2.50. The monoisotopic (exact) mass is 424 g/mol. The van der Waals surface area contributed by atoms with Gasteiger partial charge in [0.15, 0.2) is 5.79 Å². The number of allylic oxidation sites excluding steroid dienone is 1. The summed E-state index contributed by atoms with van der Waals surface area (Å²) in [5.74, 6) is -0.617. The summed E-state index contributed by atoms with van der Waals surface area (Å²) in [6, 6.07) is 21.4. The Balaban J connectivity index is 2.04. The quantitative estimate of drug-likeness (QED) is 0.480. The molecule has 0 spiro atoms. The summed E-state index contributed by atoms with van der Waals surface area (Å²) in [6.07, 6.45) is 1.87. The number of hydrogen-bond donors (Lipinski definition) is 0. The molecule has 162 valence electrons. The second-order valence-electron chi connectivity index (χ2n) is 9.60. The average Bonchev–Trinajstić information content (AvgIpc) is 3.03. The maximum Gasteiger partial charge on any atom is 0.261 e. The van der Waals surface area contributed by atoms with Crippen molar-refractivity contribution in [1.82, 2.24) is 0 Å². The van der Waals surface area contributed by atoms with Crippen molar-refractivity contribution < 1.29 is 13.9 Å². The predicted octanol–water partition coefficient (Wildman–Crippen LogP) is 5.05. The third-order valence-electron chi connectivity index (χ3n) is 5.97. The molecule has 3 nitrogen and oxygen atoms in total. The molecule has 2 aromatic rings. The van der Waals surface area contributed by atoms with Crippen LogP contribution in [0.15, 0.2) is 72.3 Å². The fourth-order valence-electron chi connectivity index (χ4n) is 4.48. The van der Waals surface area contributed by atoms with Crippen LogP contribution in [0.1, 0.15) is 48.5 Å². The highest BCUT2D eigenvalue weighted by Crippen LogP contribution is 2.38. The molecule has 1 aliphatic heterocycles. The number of rotatable bonds is 6. The van der Waals surface area contributed by atoms with Crippen LogP contribution in [0.2, 0.25) is 5.04 Å². The normalized spacial score (nSPS) is 22.3. The lowest BCUT2D eigenvalue weighted by Gasteiger charge is -2.43. The van der Waals surface area contributed by atoms with Crippen molar-refractivity contribution in [3.8, 4) is 0 Å². The highest BCUT2D eigenvalue weighted by molar-refractivity contribution is 6.99. The topological polar surface area (TPSA) is 27.7 Å². The van der Waals surface area contributed by atoms with E-state index in [2.05, 4.69) is 94.4 Å². The molecule has 30 heavy (non-hydrogen) atoms. The Bertz CT molecular complexity index is 813. The molecule has 2 atom stereocenters. The molecular formula is C26H36O3Si. The minimum Gasteiger partial charge on any atom is -0.405 e. The number of benzene rings is 2. The van der Waals surface area contributed by atoms with Crippen LogP contribution in [0, 0.1) is 0 Å². The van der Waals surface area contributed by atoms with Crippen molar-refractivity contribution >= 4 is 18.7 Å². The van der Waals surface area contributed by atoms with Crippen LogP contribution in [-0.4, -0.2) is 32.9 Å². The molecule has 2 aromatic carbocycles. The molecule has 3 rings (SSSR count). The van der Waals surface area contributed by atoms with E-state index in [-0.39, 0.29) is 17.2 Å². The Morgan fingerprint density at radius 3 is 1.90 bits per heavy atom. The van der Waals surface area contributed by atoms with Crippen LogP contribution in [-0.2, 0) is 13.9 Å². The maximum atomic E-state index is 7.08. The van der Waals surface area contributed by atoms with Gasteiger partial charge in [-0.3, -0.25) is 0 Å².